The molecule has 0 bridgehead atoms. The summed E-state index contributed by atoms with van der Waals surface area (Å²) < 4.78 is 5.53. The zero-order chi connectivity index (χ0) is 15.1. The minimum Gasteiger partial charge on any atom is -0.487 e. The number of oxime groups is 1. The van der Waals surface area contributed by atoms with Crippen LogP contribution >= 0.6 is 0 Å². The lowest BCUT2D eigenvalue weighted by molar-refractivity contribution is -0.385. The normalized spacial score (nSPS) is 11.7. The van der Waals surface area contributed by atoms with Gasteiger partial charge in [-0.3, -0.25) is 10.1 Å². The topological polar surface area (TPSA) is 111 Å². The van der Waals surface area contributed by atoms with Gasteiger partial charge in [-0.1, -0.05) is 31.8 Å². The number of nitro groups is 1. The molecule has 1 rings (SSSR count). The van der Waals surface area contributed by atoms with Crippen molar-refractivity contribution < 1.29 is 14.9 Å². The lowest BCUT2D eigenvalue weighted by Gasteiger charge is -2.14. The molecule has 0 saturated carbocycles. The van der Waals surface area contributed by atoms with E-state index in [4.69, 9.17) is 15.7 Å². The summed E-state index contributed by atoms with van der Waals surface area (Å²) in [5.41, 5.74) is 5.49. The maximum atomic E-state index is 11.1. The summed E-state index contributed by atoms with van der Waals surface area (Å²) in [4.78, 5) is 10.5. The number of nitrogens with zero attached hydrogens (tertiary/aromatic N) is 2. The summed E-state index contributed by atoms with van der Waals surface area (Å²) >= 11 is 0. The van der Waals surface area contributed by atoms with E-state index < -0.39 is 4.92 Å². The fourth-order valence-corrected chi connectivity index (χ4v) is 1.73. The second-order valence-electron chi connectivity index (χ2n) is 4.42. The molecule has 1 aromatic rings. The molecule has 0 unspecified atom stereocenters. The second-order valence-corrected chi connectivity index (χ2v) is 4.42. The minimum atomic E-state index is -0.545. The van der Waals surface area contributed by atoms with Crippen molar-refractivity contribution in [1.29, 1.82) is 0 Å². The zero-order valence-electron chi connectivity index (χ0n) is 11.6. The monoisotopic (exact) mass is 281 g/mol. The quantitative estimate of drug-likeness (QED) is 0.262. The van der Waals surface area contributed by atoms with E-state index >= 15 is 0 Å². The first-order valence-electron chi connectivity index (χ1n) is 6.42. The number of nitro benzene ring substituents is 1. The Hall–Kier alpha value is -2.31. The average Bonchev–Trinajstić information content (AvgIpc) is 2.47. The molecule has 0 aliphatic heterocycles. The van der Waals surface area contributed by atoms with Crippen molar-refractivity contribution in [2.45, 2.75) is 26.7 Å². The van der Waals surface area contributed by atoms with Gasteiger partial charge in [-0.2, -0.15) is 0 Å². The van der Waals surface area contributed by atoms with E-state index in [0.29, 0.717) is 12.5 Å². The molecular weight excluding hydrogens is 262 g/mol. The summed E-state index contributed by atoms with van der Waals surface area (Å²) in [6.07, 6.45) is 1.90. The highest BCUT2D eigenvalue weighted by atomic mass is 16.6. The van der Waals surface area contributed by atoms with Crippen LogP contribution in [-0.2, 0) is 0 Å². The van der Waals surface area contributed by atoms with Crippen molar-refractivity contribution in [3.63, 3.8) is 0 Å². The third-order valence-corrected chi connectivity index (χ3v) is 3.19. The highest BCUT2D eigenvalue weighted by molar-refractivity contribution is 5.97. The zero-order valence-corrected chi connectivity index (χ0v) is 11.6. The molecule has 0 aliphatic carbocycles. The molecule has 0 fully saturated rings. The van der Waals surface area contributed by atoms with Gasteiger partial charge in [0.15, 0.2) is 11.6 Å². The van der Waals surface area contributed by atoms with Crippen molar-refractivity contribution in [2.75, 3.05) is 6.61 Å². The van der Waals surface area contributed by atoms with Gasteiger partial charge >= 0.3 is 5.69 Å². The Labute approximate surface area is 117 Å². The Balaban J connectivity index is 2.99. The van der Waals surface area contributed by atoms with Gasteiger partial charge in [0.25, 0.3) is 0 Å². The summed E-state index contributed by atoms with van der Waals surface area (Å²) in [7, 11) is 0. The molecule has 20 heavy (non-hydrogen) atoms. The number of amidine groups is 1. The van der Waals surface area contributed by atoms with Crippen LogP contribution in [0.1, 0.15) is 32.3 Å². The van der Waals surface area contributed by atoms with Crippen LogP contribution in [0.5, 0.6) is 5.75 Å². The molecule has 3 N–H and O–H groups in total. The molecule has 0 spiro atoms. The van der Waals surface area contributed by atoms with Crippen LogP contribution in [0.15, 0.2) is 23.4 Å². The van der Waals surface area contributed by atoms with Gasteiger partial charge in [0.2, 0.25) is 0 Å². The SMILES string of the molecule is CCC(CC)COc1ccc(/C(N)=N/O)cc1[N+](=O)[O-]. The lowest BCUT2D eigenvalue weighted by atomic mass is 10.1. The summed E-state index contributed by atoms with van der Waals surface area (Å²) in [5, 5.41) is 22.5. The van der Waals surface area contributed by atoms with Crippen LogP contribution in [-0.4, -0.2) is 22.6 Å². The van der Waals surface area contributed by atoms with Crippen LogP contribution in [0, 0.1) is 16.0 Å². The Morgan fingerprint density at radius 3 is 2.65 bits per heavy atom. The maximum Gasteiger partial charge on any atom is 0.311 e. The van der Waals surface area contributed by atoms with Gasteiger partial charge in [0.05, 0.1) is 11.5 Å². The van der Waals surface area contributed by atoms with E-state index in [1.807, 2.05) is 13.8 Å². The number of nitrogens with two attached hydrogens (primary N) is 1. The molecule has 0 aromatic heterocycles. The number of hydrogen-bond acceptors (Lipinski definition) is 5. The average molecular weight is 281 g/mol. The molecule has 0 heterocycles. The standard InChI is InChI=1S/C13H19N3O4/c1-3-9(4-2)8-20-12-6-5-10(13(14)15-17)7-11(12)16(18)19/h5-7,9,17H,3-4,8H2,1-2H3,(H2,14,15). The van der Waals surface area contributed by atoms with Gasteiger partial charge in [-0.15, -0.1) is 0 Å². The summed E-state index contributed by atoms with van der Waals surface area (Å²) in [6.45, 7) is 4.53. The number of hydrogen-bond donors (Lipinski definition) is 2. The van der Waals surface area contributed by atoms with E-state index in [2.05, 4.69) is 5.16 Å². The molecule has 0 radical (unpaired) electrons. The van der Waals surface area contributed by atoms with Crippen LogP contribution in [0.25, 0.3) is 0 Å². The third-order valence-electron chi connectivity index (χ3n) is 3.19. The smallest absolute Gasteiger partial charge is 0.311 e. The molecule has 7 nitrogen and oxygen atoms in total. The van der Waals surface area contributed by atoms with E-state index in [1.54, 1.807) is 0 Å². The molecule has 0 aliphatic rings. The fourth-order valence-electron chi connectivity index (χ4n) is 1.73. The number of benzene rings is 1. The first-order valence-corrected chi connectivity index (χ1v) is 6.42. The van der Waals surface area contributed by atoms with Gasteiger partial charge in [0, 0.05) is 11.6 Å². The molecule has 0 atom stereocenters. The predicted octanol–water partition coefficient (Wildman–Crippen LogP) is 2.50. The molecular formula is C13H19N3O4. The molecule has 7 heteroatoms. The Morgan fingerprint density at radius 1 is 1.50 bits per heavy atom. The summed E-state index contributed by atoms with van der Waals surface area (Å²) in [5.74, 6) is 0.370. The van der Waals surface area contributed by atoms with E-state index in [9.17, 15) is 10.1 Å². The second kappa shape index (κ2) is 7.32. The fraction of sp³-hybridized carbons (Fsp3) is 0.462. The van der Waals surface area contributed by atoms with Crippen molar-refractivity contribution in [3.8, 4) is 5.75 Å². The van der Waals surface area contributed by atoms with Crippen LogP contribution < -0.4 is 10.5 Å². The Kier molecular flexibility index (Phi) is 5.76. The van der Waals surface area contributed by atoms with Crippen LogP contribution in [0.2, 0.25) is 0 Å². The summed E-state index contributed by atoms with van der Waals surface area (Å²) in [6, 6.07) is 4.22. The van der Waals surface area contributed by atoms with E-state index in [0.717, 1.165) is 12.8 Å². The first-order chi connectivity index (χ1) is 9.53. The molecule has 0 saturated heterocycles. The maximum absolute atomic E-state index is 11.1. The minimum absolute atomic E-state index is 0.181. The van der Waals surface area contributed by atoms with Crippen molar-refractivity contribution >= 4 is 11.5 Å². The highest BCUT2D eigenvalue weighted by Crippen LogP contribution is 2.28. The highest BCUT2D eigenvalue weighted by Gasteiger charge is 2.18. The van der Waals surface area contributed by atoms with Crippen LogP contribution in [0.3, 0.4) is 0 Å². The lowest BCUT2D eigenvalue weighted by Crippen LogP contribution is -2.14. The Morgan fingerprint density at radius 2 is 2.15 bits per heavy atom. The van der Waals surface area contributed by atoms with Gasteiger partial charge in [-0.25, -0.2) is 0 Å². The van der Waals surface area contributed by atoms with Crippen molar-refractivity contribution in [2.24, 2.45) is 16.8 Å². The van der Waals surface area contributed by atoms with Crippen molar-refractivity contribution in [1.82, 2.24) is 0 Å². The van der Waals surface area contributed by atoms with Gasteiger partial charge in [0.1, 0.15) is 0 Å². The van der Waals surface area contributed by atoms with Gasteiger partial charge < -0.3 is 15.7 Å². The predicted molar refractivity (Wildman–Crippen MR) is 75.2 cm³/mol. The van der Waals surface area contributed by atoms with Gasteiger partial charge in [-0.05, 0) is 18.1 Å². The largest absolute Gasteiger partial charge is 0.487 e. The number of rotatable bonds is 7. The third kappa shape index (κ3) is 3.84. The van der Waals surface area contributed by atoms with Crippen molar-refractivity contribution in [3.05, 3.63) is 33.9 Å². The molecule has 1 aromatic carbocycles. The van der Waals surface area contributed by atoms with E-state index in [-0.39, 0.29) is 22.8 Å². The van der Waals surface area contributed by atoms with Crippen LogP contribution in [0.4, 0.5) is 5.69 Å². The Bertz CT molecular complexity index is 498. The number of ether oxygens (including phenoxy) is 1. The molecule has 110 valence electrons. The molecule has 0 amide bonds. The first kappa shape index (κ1) is 15.7. The van der Waals surface area contributed by atoms with E-state index in [1.165, 1.54) is 18.2 Å².